The van der Waals surface area contributed by atoms with Gasteiger partial charge < -0.3 is 0 Å². The van der Waals surface area contributed by atoms with E-state index in [-0.39, 0.29) is 0 Å². The molecule has 2 aromatic rings. The van der Waals surface area contributed by atoms with Crippen molar-refractivity contribution in [3.63, 3.8) is 0 Å². The zero-order valence-corrected chi connectivity index (χ0v) is 9.28. The van der Waals surface area contributed by atoms with E-state index in [1.165, 1.54) is 6.20 Å². The molecule has 1 atom stereocenters. The number of benzene rings is 1. The predicted molar refractivity (Wildman–Crippen MR) is 66.1 cm³/mol. The molecule has 0 aliphatic heterocycles. The molecule has 4 radical (unpaired) electrons. The SMILES string of the molecule is [B]c1ccc(S(=O)c2ccc([B])nc2)cc1. The zero-order valence-electron chi connectivity index (χ0n) is 8.46. The van der Waals surface area contributed by atoms with Crippen molar-refractivity contribution in [3.05, 3.63) is 42.6 Å². The number of nitrogens with zero attached hydrogens (tertiary/aromatic N) is 1. The highest BCUT2D eigenvalue weighted by molar-refractivity contribution is 7.85. The number of rotatable bonds is 2. The summed E-state index contributed by atoms with van der Waals surface area (Å²) < 4.78 is 12.1. The molecule has 0 bridgehead atoms. The van der Waals surface area contributed by atoms with Crippen LogP contribution in [0.4, 0.5) is 0 Å². The lowest BCUT2D eigenvalue weighted by Crippen LogP contribution is -2.08. The first-order chi connectivity index (χ1) is 7.66. The predicted octanol–water partition coefficient (Wildman–Crippen LogP) is -0.164. The second kappa shape index (κ2) is 4.66. The van der Waals surface area contributed by atoms with Crippen LogP contribution in [0.15, 0.2) is 52.4 Å². The van der Waals surface area contributed by atoms with Crippen molar-refractivity contribution < 1.29 is 4.21 Å². The Hall–Kier alpha value is -1.35. The van der Waals surface area contributed by atoms with Gasteiger partial charge in [0.25, 0.3) is 0 Å². The Morgan fingerprint density at radius 1 is 0.938 bits per heavy atom. The Bertz CT molecular complexity index is 463. The van der Waals surface area contributed by atoms with E-state index in [1.54, 1.807) is 36.4 Å². The quantitative estimate of drug-likeness (QED) is 0.661. The molecule has 0 aliphatic rings. The topological polar surface area (TPSA) is 30.0 Å². The summed E-state index contributed by atoms with van der Waals surface area (Å²) in [6.07, 6.45) is 1.52. The highest BCUT2D eigenvalue weighted by atomic mass is 32.2. The number of pyridine rings is 1. The molecule has 0 amide bonds. The molecule has 0 saturated heterocycles. The van der Waals surface area contributed by atoms with E-state index in [1.807, 2.05) is 0 Å². The number of hydrogen-bond donors (Lipinski definition) is 0. The lowest BCUT2D eigenvalue weighted by molar-refractivity contribution is 0.683. The van der Waals surface area contributed by atoms with Crippen LogP contribution in [0.5, 0.6) is 0 Å². The first-order valence-corrected chi connectivity index (χ1v) is 5.80. The molecule has 0 spiro atoms. The van der Waals surface area contributed by atoms with Crippen molar-refractivity contribution >= 4 is 37.5 Å². The normalized spacial score (nSPS) is 12.2. The highest BCUT2D eigenvalue weighted by Gasteiger charge is 2.06. The van der Waals surface area contributed by atoms with Crippen molar-refractivity contribution in [3.8, 4) is 0 Å². The van der Waals surface area contributed by atoms with Gasteiger partial charge in [-0.1, -0.05) is 23.7 Å². The summed E-state index contributed by atoms with van der Waals surface area (Å²) in [5.41, 5.74) is 1.06. The Kier molecular flexibility index (Phi) is 3.25. The fourth-order valence-electron chi connectivity index (χ4n) is 1.23. The lowest BCUT2D eigenvalue weighted by Gasteiger charge is -2.02. The van der Waals surface area contributed by atoms with Gasteiger partial charge in [-0.2, -0.15) is 0 Å². The minimum absolute atomic E-state index is 0.415. The molecule has 1 aromatic carbocycles. The van der Waals surface area contributed by atoms with Crippen LogP contribution in [0, 0.1) is 0 Å². The van der Waals surface area contributed by atoms with Gasteiger partial charge in [-0.3, -0.25) is 4.98 Å². The maximum atomic E-state index is 12.1. The Morgan fingerprint density at radius 3 is 2.12 bits per heavy atom. The van der Waals surface area contributed by atoms with Crippen LogP contribution in [0.2, 0.25) is 0 Å². The van der Waals surface area contributed by atoms with Crippen molar-refractivity contribution in [2.45, 2.75) is 9.79 Å². The monoisotopic (exact) mass is 223 g/mol. The molecule has 0 N–H and O–H groups in total. The maximum Gasteiger partial charge on any atom is 0.141 e. The average Bonchev–Trinajstić information content (AvgIpc) is 2.30. The van der Waals surface area contributed by atoms with E-state index in [0.29, 0.717) is 20.8 Å². The molecule has 0 fully saturated rings. The van der Waals surface area contributed by atoms with Gasteiger partial charge >= 0.3 is 0 Å². The van der Waals surface area contributed by atoms with Crippen molar-refractivity contribution in [1.29, 1.82) is 0 Å². The molecule has 0 saturated carbocycles. The fraction of sp³-hybridized carbons (Fsp3) is 0. The Morgan fingerprint density at radius 2 is 1.56 bits per heavy atom. The van der Waals surface area contributed by atoms with E-state index in [9.17, 15) is 4.21 Å². The maximum absolute atomic E-state index is 12.1. The summed E-state index contributed by atoms with van der Waals surface area (Å²) in [7, 11) is 9.78. The van der Waals surface area contributed by atoms with Gasteiger partial charge in [0, 0.05) is 11.1 Å². The van der Waals surface area contributed by atoms with E-state index >= 15 is 0 Å². The van der Waals surface area contributed by atoms with Gasteiger partial charge in [-0.25, -0.2) is 4.21 Å². The molecule has 2 nitrogen and oxygen atoms in total. The van der Waals surface area contributed by atoms with Crippen LogP contribution >= 0.6 is 0 Å². The minimum Gasteiger partial charge on any atom is -0.272 e. The molecule has 16 heavy (non-hydrogen) atoms. The standard InChI is InChI=1S/C11H7B2NOS/c12-8-1-3-9(4-2-8)16(15)10-5-6-11(13)14-7-10/h1-7H. The summed E-state index contributed by atoms with van der Waals surface area (Å²) >= 11 is 0. The van der Waals surface area contributed by atoms with E-state index in [0.717, 1.165) is 0 Å². The van der Waals surface area contributed by atoms with Crippen molar-refractivity contribution in [2.75, 3.05) is 0 Å². The van der Waals surface area contributed by atoms with Crippen LogP contribution in [-0.4, -0.2) is 24.9 Å². The third-order valence-corrected chi connectivity index (χ3v) is 3.44. The third kappa shape index (κ3) is 2.42. The van der Waals surface area contributed by atoms with Crippen LogP contribution < -0.4 is 11.1 Å². The fourth-order valence-corrected chi connectivity index (χ4v) is 2.22. The minimum atomic E-state index is -1.24. The van der Waals surface area contributed by atoms with E-state index < -0.39 is 10.8 Å². The lowest BCUT2D eigenvalue weighted by atomic mass is 9.97. The first kappa shape index (κ1) is 11.1. The molecule has 0 aliphatic carbocycles. The summed E-state index contributed by atoms with van der Waals surface area (Å²) in [6, 6.07) is 10.2. The largest absolute Gasteiger partial charge is 0.272 e. The molecule has 74 valence electrons. The second-order valence-corrected chi connectivity index (χ2v) is 4.74. The van der Waals surface area contributed by atoms with Gasteiger partial charge in [-0.15, -0.1) is 0 Å². The van der Waals surface area contributed by atoms with E-state index in [2.05, 4.69) is 4.98 Å². The van der Waals surface area contributed by atoms with Crippen LogP contribution in [-0.2, 0) is 10.8 Å². The van der Waals surface area contributed by atoms with Gasteiger partial charge in [0.1, 0.15) is 15.7 Å². The zero-order chi connectivity index (χ0) is 11.5. The molecule has 1 unspecified atom stereocenters. The van der Waals surface area contributed by atoms with E-state index in [4.69, 9.17) is 15.7 Å². The molecular formula is C11H7B2NOS. The smallest absolute Gasteiger partial charge is 0.141 e. The van der Waals surface area contributed by atoms with Gasteiger partial charge in [-0.05, 0) is 23.8 Å². The molecule has 2 rings (SSSR count). The van der Waals surface area contributed by atoms with Gasteiger partial charge in [0.15, 0.2) is 0 Å². The number of hydrogen-bond acceptors (Lipinski definition) is 2. The second-order valence-electron chi connectivity index (χ2n) is 3.26. The third-order valence-electron chi connectivity index (χ3n) is 2.07. The highest BCUT2D eigenvalue weighted by Crippen LogP contribution is 2.13. The Balaban J connectivity index is 2.32. The average molecular weight is 223 g/mol. The summed E-state index contributed by atoms with van der Waals surface area (Å²) in [5.74, 6) is 0. The van der Waals surface area contributed by atoms with Crippen LogP contribution in [0.1, 0.15) is 0 Å². The molecular weight excluding hydrogens is 216 g/mol. The van der Waals surface area contributed by atoms with Crippen molar-refractivity contribution in [2.24, 2.45) is 0 Å². The number of aromatic nitrogens is 1. The summed E-state index contributed by atoms with van der Waals surface area (Å²) in [6.45, 7) is 0. The van der Waals surface area contributed by atoms with Gasteiger partial charge in [0.05, 0.1) is 15.7 Å². The molecule has 5 heteroatoms. The van der Waals surface area contributed by atoms with Crippen LogP contribution in [0.25, 0.3) is 0 Å². The summed E-state index contributed by atoms with van der Waals surface area (Å²) in [4.78, 5) is 5.22. The first-order valence-electron chi connectivity index (χ1n) is 4.65. The Labute approximate surface area is 99.4 Å². The van der Waals surface area contributed by atoms with Gasteiger partial charge in [0.2, 0.25) is 0 Å². The summed E-state index contributed by atoms with van der Waals surface area (Å²) in [5, 5.41) is 0. The van der Waals surface area contributed by atoms with Crippen LogP contribution in [0.3, 0.4) is 0 Å². The molecule has 1 heterocycles. The van der Waals surface area contributed by atoms with Crippen molar-refractivity contribution in [1.82, 2.24) is 4.98 Å². The molecule has 1 aromatic heterocycles.